The Morgan fingerprint density at radius 1 is 1.27 bits per heavy atom. The first-order valence-corrected chi connectivity index (χ1v) is 4.90. The van der Waals surface area contributed by atoms with Crippen LogP contribution in [-0.2, 0) is 6.54 Å². The number of hydrogen-bond acceptors (Lipinski definition) is 3. The summed E-state index contributed by atoms with van der Waals surface area (Å²) in [5.74, 6) is 0.901. The predicted molar refractivity (Wildman–Crippen MR) is 63.7 cm³/mol. The molecule has 0 bridgehead atoms. The van der Waals surface area contributed by atoms with Gasteiger partial charge in [0.05, 0.1) is 13.2 Å². The third-order valence-corrected chi connectivity index (χ3v) is 1.85. The van der Waals surface area contributed by atoms with Gasteiger partial charge < -0.3 is 15.2 Å². The zero-order chi connectivity index (χ0) is 10.2. The van der Waals surface area contributed by atoms with Crippen LogP contribution in [0.4, 0.5) is 0 Å². The van der Waals surface area contributed by atoms with Crippen molar-refractivity contribution < 1.29 is 9.84 Å². The summed E-state index contributed by atoms with van der Waals surface area (Å²) in [6, 6.07) is 7.96. The molecule has 0 atom stereocenters. The first-order chi connectivity index (χ1) is 6.86. The van der Waals surface area contributed by atoms with Crippen molar-refractivity contribution in [2.45, 2.75) is 13.5 Å². The Kier molecular flexibility index (Phi) is 8.09. The van der Waals surface area contributed by atoms with Crippen molar-refractivity contribution >= 4 is 12.4 Å². The highest BCUT2D eigenvalue weighted by atomic mass is 35.5. The minimum Gasteiger partial charge on any atom is -0.494 e. The number of nitrogens with one attached hydrogen (secondary N) is 1. The molecule has 1 aromatic carbocycles. The molecule has 0 saturated heterocycles. The number of benzene rings is 1. The molecule has 15 heavy (non-hydrogen) atoms. The maximum absolute atomic E-state index is 8.58. The van der Waals surface area contributed by atoms with Gasteiger partial charge in [-0.1, -0.05) is 12.1 Å². The third kappa shape index (κ3) is 5.62. The lowest BCUT2D eigenvalue weighted by Gasteiger charge is -2.05. The van der Waals surface area contributed by atoms with Crippen LogP contribution in [0.2, 0.25) is 0 Å². The number of halogens is 1. The Hall–Kier alpha value is -0.770. The smallest absolute Gasteiger partial charge is 0.119 e. The monoisotopic (exact) mass is 231 g/mol. The van der Waals surface area contributed by atoms with E-state index in [1.807, 2.05) is 31.2 Å². The van der Waals surface area contributed by atoms with Gasteiger partial charge in [-0.25, -0.2) is 0 Å². The lowest BCUT2D eigenvalue weighted by molar-refractivity contribution is 0.292. The van der Waals surface area contributed by atoms with E-state index < -0.39 is 0 Å². The average Bonchev–Trinajstić information content (AvgIpc) is 2.21. The molecule has 1 aromatic rings. The molecule has 0 saturated carbocycles. The molecule has 86 valence electrons. The van der Waals surface area contributed by atoms with Crippen molar-refractivity contribution in [3.05, 3.63) is 29.8 Å². The highest BCUT2D eigenvalue weighted by Gasteiger charge is 1.93. The van der Waals surface area contributed by atoms with Crippen LogP contribution < -0.4 is 10.1 Å². The molecule has 0 amide bonds. The number of aliphatic hydroxyl groups excluding tert-OH is 1. The second kappa shape index (κ2) is 8.53. The molecule has 0 aliphatic rings. The zero-order valence-electron chi connectivity index (χ0n) is 8.90. The van der Waals surface area contributed by atoms with E-state index in [-0.39, 0.29) is 19.0 Å². The van der Waals surface area contributed by atoms with E-state index in [1.54, 1.807) is 0 Å². The maximum atomic E-state index is 8.58. The maximum Gasteiger partial charge on any atom is 0.119 e. The van der Waals surface area contributed by atoms with Gasteiger partial charge in [0.15, 0.2) is 0 Å². The standard InChI is InChI=1S/C11H17NO2.ClH/c1-2-14-11-5-3-10(4-6-11)9-12-7-8-13;/h3-6,12-13H,2,7-9H2,1H3;1H. The Morgan fingerprint density at radius 3 is 2.47 bits per heavy atom. The van der Waals surface area contributed by atoms with Crippen LogP contribution in [0.1, 0.15) is 12.5 Å². The molecule has 0 aliphatic carbocycles. The zero-order valence-corrected chi connectivity index (χ0v) is 9.72. The van der Waals surface area contributed by atoms with Crippen molar-refractivity contribution in [3.63, 3.8) is 0 Å². The van der Waals surface area contributed by atoms with E-state index in [1.165, 1.54) is 5.56 Å². The summed E-state index contributed by atoms with van der Waals surface area (Å²) in [6.07, 6.45) is 0. The van der Waals surface area contributed by atoms with Crippen LogP contribution in [0.15, 0.2) is 24.3 Å². The van der Waals surface area contributed by atoms with Crippen LogP contribution in [0.5, 0.6) is 5.75 Å². The van der Waals surface area contributed by atoms with Crippen LogP contribution in [0.3, 0.4) is 0 Å². The third-order valence-electron chi connectivity index (χ3n) is 1.85. The molecule has 3 nitrogen and oxygen atoms in total. The molecule has 4 heteroatoms. The molecular weight excluding hydrogens is 214 g/mol. The molecule has 0 aromatic heterocycles. The summed E-state index contributed by atoms with van der Waals surface area (Å²) in [6.45, 7) is 4.26. The SMILES string of the molecule is CCOc1ccc(CNCCO)cc1.Cl. The molecule has 0 fully saturated rings. The van der Waals surface area contributed by atoms with Crippen LogP contribution in [0.25, 0.3) is 0 Å². The van der Waals surface area contributed by atoms with E-state index in [0.717, 1.165) is 12.3 Å². The second-order valence-electron chi connectivity index (χ2n) is 2.98. The minimum atomic E-state index is 0. The summed E-state index contributed by atoms with van der Waals surface area (Å²) < 4.78 is 5.33. The van der Waals surface area contributed by atoms with Crippen molar-refractivity contribution in [2.75, 3.05) is 19.8 Å². The van der Waals surface area contributed by atoms with E-state index in [9.17, 15) is 0 Å². The molecule has 0 radical (unpaired) electrons. The van der Waals surface area contributed by atoms with Crippen LogP contribution in [0, 0.1) is 0 Å². The summed E-state index contributed by atoms with van der Waals surface area (Å²) >= 11 is 0. The summed E-state index contributed by atoms with van der Waals surface area (Å²) in [7, 11) is 0. The number of ether oxygens (including phenoxy) is 1. The molecular formula is C11H18ClNO2. The largest absolute Gasteiger partial charge is 0.494 e. The Bertz CT molecular complexity index is 251. The Labute approximate surface area is 96.9 Å². The van der Waals surface area contributed by atoms with E-state index in [0.29, 0.717) is 13.2 Å². The molecule has 0 heterocycles. The van der Waals surface area contributed by atoms with Gasteiger partial charge in [0.1, 0.15) is 5.75 Å². The number of aliphatic hydroxyl groups is 1. The number of hydrogen-bond donors (Lipinski definition) is 2. The van der Waals surface area contributed by atoms with Gasteiger partial charge in [-0.2, -0.15) is 0 Å². The Morgan fingerprint density at radius 2 is 1.93 bits per heavy atom. The quantitative estimate of drug-likeness (QED) is 0.731. The van der Waals surface area contributed by atoms with E-state index >= 15 is 0 Å². The summed E-state index contributed by atoms with van der Waals surface area (Å²) in [5, 5.41) is 11.7. The average molecular weight is 232 g/mol. The highest BCUT2D eigenvalue weighted by Crippen LogP contribution is 2.11. The predicted octanol–water partition coefficient (Wildman–Crippen LogP) is 1.59. The van der Waals surface area contributed by atoms with Gasteiger partial charge in [0, 0.05) is 13.1 Å². The highest BCUT2D eigenvalue weighted by molar-refractivity contribution is 5.85. The van der Waals surface area contributed by atoms with Crippen molar-refractivity contribution in [2.24, 2.45) is 0 Å². The Balaban J connectivity index is 0.00000196. The van der Waals surface area contributed by atoms with Gasteiger partial charge in [0.2, 0.25) is 0 Å². The fourth-order valence-electron chi connectivity index (χ4n) is 1.18. The second-order valence-corrected chi connectivity index (χ2v) is 2.98. The molecule has 2 N–H and O–H groups in total. The normalized spacial score (nSPS) is 9.47. The van der Waals surface area contributed by atoms with Gasteiger partial charge >= 0.3 is 0 Å². The van der Waals surface area contributed by atoms with E-state index in [2.05, 4.69) is 5.32 Å². The molecule has 1 rings (SSSR count). The topological polar surface area (TPSA) is 41.5 Å². The first kappa shape index (κ1) is 14.2. The molecule has 0 aliphatic heterocycles. The lowest BCUT2D eigenvalue weighted by atomic mass is 10.2. The minimum absolute atomic E-state index is 0. The number of rotatable bonds is 6. The molecule has 0 unspecified atom stereocenters. The van der Waals surface area contributed by atoms with Crippen molar-refractivity contribution in [3.8, 4) is 5.75 Å². The van der Waals surface area contributed by atoms with E-state index in [4.69, 9.17) is 9.84 Å². The van der Waals surface area contributed by atoms with Crippen LogP contribution in [-0.4, -0.2) is 24.9 Å². The van der Waals surface area contributed by atoms with Gasteiger partial charge in [-0.15, -0.1) is 12.4 Å². The lowest BCUT2D eigenvalue weighted by Crippen LogP contribution is -2.17. The summed E-state index contributed by atoms with van der Waals surface area (Å²) in [4.78, 5) is 0. The van der Waals surface area contributed by atoms with Gasteiger partial charge in [-0.05, 0) is 24.6 Å². The summed E-state index contributed by atoms with van der Waals surface area (Å²) in [5.41, 5.74) is 1.20. The molecule has 0 spiro atoms. The van der Waals surface area contributed by atoms with Crippen LogP contribution >= 0.6 is 12.4 Å². The fraction of sp³-hybridized carbons (Fsp3) is 0.455. The van der Waals surface area contributed by atoms with Gasteiger partial charge in [0.25, 0.3) is 0 Å². The fourth-order valence-corrected chi connectivity index (χ4v) is 1.18. The van der Waals surface area contributed by atoms with Gasteiger partial charge in [-0.3, -0.25) is 0 Å². The van der Waals surface area contributed by atoms with Crippen molar-refractivity contribution in [1.82, 2.24) is 5.32 Å². The van der Waals surface area contributed by atoms with Crippen molar-refractivity contribution in [1.29, 1.82) is 0 Å². The first-order valence-electron chi connectivity index (χ1n) is 4.90.